The molecular weight excluding hydrogens is 218 g/mol. The predicted molar refractivity (Wildman–Crippen MR) is 63.7 cm³/mol. The summed E-state index contributed by atoms with van der Waals surface area (Å²) in [5.74, 6) is -0.220. The quantitative estimate of drug-likeness (QED) is 0.761. The summed E-state index contributed by atoms with van der Waals surface area (Å²) in [7, 11) is 0. The maximum Gasteiger partial charge on any atom is 0.256 e. The monoisotopic (exact) mass is 231 g/mol. The van der Waals surface area contributed by atoms with Crippen molar-refractivity contribution in [2.45, 2.75) is 13.5 Å². The van der Waals surface area contributed by atoms with E-state index < -0.39 is 0 Å². The lowest BCUT2D eigenvalue weighted by Gasteiger charge is -2.00. The third-order valence-corrected chi connectivity index (χ3v) is 2.50. The number of carbonyl (C=O) groups is 1. The van der Waals surface area contributed by atoms with Gasteiger partial charge < -0.3 is 10.4 Å². The average molecular weight is 231 g/mol. The van der Waals surface area contributed by atoms with Crippen LogP contribution in [-0.2, 0) is 11.3 Å². The number of pyridine rings is 1. The number of hydrogen-bond acceptors (Lipinski definition) is 4. The van der Waals surface area contributed by atoms with Gasteiger partial charge in [-0.3, -0.25) is 14.8 Å². The van der Waals surface area contributed by atoms with Crippen molar-refractivity contribution in [3.8, 4) is 0 Å². The molecular formula is C12H13N3O2. The molecule has 0 saturated heterocycles. The van der Waals surface area contributed by atoms with Crippen molar-refractivity contribution in [3.05, 3.63) is 41.4 Å². The number of carbonyl (C=O) groups excluding carboxylic acids is 1. The van der Waals surface area contributed by atoms with Gasteiger partial charge in [0, 0.05) is 11.9 Å². The number of aliphatic hydroxyl groups is 1. The van der Waals surface area contributed by atoms with E-state index >= 15 is 0 Å². The highest BCUT2D eigenvalue weighted by Crippen LogP contribution is 2.11. The molecule has 88 valence electrons. The van der Waals surface area contributed by atoms with E-state index in [1.165, 1.54) is 0 Å². The highest BCUT2D eigenvalue weighted by Gasteiger charge is 2.24. The Morgan fingerprint density at radius 2 is 2.41 bits per heavy atom. The summed E-state index contributed by atoms with van der Waals surface area (Å²) >= 11 is 0. The van der Waals surface area contributed by atoms with Gasteiger partial charge >= 0.3 is 0 Å². The van der Waals surface area contributed by atoms with Crippen molar-refractivity contribution < 1.29 is 9.90 Å². The summed E-state index contributed by atoms with van der Waals surface area (Å²) < 4.78 is 0. The Bertz CT molecular complexity index is 492. The molecule has 1 aromatic heterocycles. The van der Waals surface area contributed by atoms with Gasteiger partial charge in [0.2, 0.25) is 0 Å². The van der Waals surface area contributed by atoms with E-state index in [-0.39, 0.29) is 23.8 Å². The lowest BCUT2D eigenvalue weighted by atomic mass is 10.1. The molecule has 0 saturated carbocycles. The molecule has 1 aliphatic heterocycles. The Hall–Kier alpha value is -2.17. The van der Waals surface area contributed by atoms with Crippen LogP contribution >= 0.6 is 0 Å². The molecule has 0 atom stereocenters. The molecule has 5 nitrogen and oxygen atoms in total. The number of rotatable bonds is 3. The maximum absolute atomic E-state index is 11.4. The molecule has 5 heteroatoms. The van der Waals surface area contributed by atoms with Crippen molar-refractivity contribution in [2.75, 3.05) is 6.54 Å². The second-order valence-electron chi connectivity index (χ2n) is 3.73. The van der Waals surface area contributed by atoms with Crippen LogP contribution in [0.2, 0.25) is 0 Å². The highest BCUT2D eigenvalue weighted by atomic mass is 16.3. The van der Waals surface area contributed by atoms with Crippen molar-refractivity contribution in [3.63, 3.8) is 0 Å². The minimum Gasteiger partial charge on any atom is -0.510 e. The van der Waals surface area contributed by atoms with E-state index in [4.69, 9.17) is 0 Å². The predicted octanol–water partition coefficient (Wildman–Crippen LogP) is 0.984. The Morgan fingerprint density at radius 3 is 3.00 bits per heavy atom. The molecule has 2 heterocycles. The zero-order valence-electron chi connectivity index (χ0n) is 9.47. The molecule has 1 amide bonds. The number of hydrogen-bond donors (Lipinski definition) is 2. The summed E-state index contributed by atoms with van der Waals surface area (Å²) in [4.78, 5) is 19.8. The third kappa shape index (κ3) is 2.50. The third-order valence-electron chi connectivity index (χ3n) is 2.50. The Kier molecular flexibility index (Phi) is 3.18. The molecule has 0 radical (unpaired) electrons. The van der Waals surface area contributed by atoms with Gasteiger partial charge in [-0.1, -0.05) is 6.07 Å². The summed E-state index contributed by atoms with van der Waals surface area (Å²) in [6.45, 7) is 2.29. The first kappa shape index (κ1) is 11.3. The molecule has 0 aromatic carbocycles. The van der Waals surface area contributed by atoms with E-state index in [1.54, 1.807) is 13.1 Å². The highest BCUT2D eigenvalue weighted by molar-refractivity contribution is 6.22. The number of nitrogens with one attached hydrogen (secondary N) is 1. The van der Waals surface area contributed by atoms with Gasteiger partial charge in [-0.25, -0.2) is 0 Å². The Labute approximate surface area is 98.9 Å². The summed E-state index contributed by atoms with van der Waals surface area (Å²) in [6, 6.07) is 5.57. The number of nitrogens with zero attached hydrogens (tertiary/aromatic N) is 2. The first-order valence-electron chi connectivity index (χ1n) is 5.30. The van der Waals surface area contributed by atoms with Gasteiger partial charge in [0.1, 0.15) is 5.76 Å². The topological polar surface area (TPSA) is 74.6 Å². The number of aliphatic hydroxyl groups excluding tert-OH is 1. The second kappa shape index (κ2) is 4.78. The van der Waals surface area contributed by atoms with Gasteiger partial charge in [0.25, 0.3) is 5.91 Å². The fourth-order valence-corrected chi connectivity index (χ4v) is 1.62. The zero-order chi connectivity index (χ0) is 12.3. The van der Waals surface area contributed by atoms with Crippen LogP contribution in [0.15, 0.2) is 40.7 Å². The summed E-state index contributed by atoms with van der Waals surface area (Å²) in [5, 5.41) is 12.1. The molecule has 2 rings (SSSR count). The first-order chi connectivity index (χ1) is 8.18. The number of aliphatic imine (C=N–C) groups is 1. The van der Waals surface area contributed by atoms with Crippen LogP contribution in [0.5, 0.6) is 0 Å². The Morgan fingerprint density at radius 1 is 1.59 bits per heavy atom. The lowest BCUT2D eigenvalue weighted by Crippen LogP contribution is -2.20. The van der Waals surface area contributed by atoms with Crippen molar-refractivity contribution >= 4 is 11.6 Å². The molecule has 0 fully saturated rings. The van der Waals surface area contributed by atoms with Crippen LogP contribution in [0, 0.1) is 0 Å². The van der Waals surface area contributed by atoms with Crippen LogP contribution < -0.4 is 5.32 Å². The molecule has 0 unspecified atom stereocenters. The fraction of sp³-hybridized carbons (Fsp3) is 0.250. The van der Waals surface area contributed by atoms with Crippen LogP contribution in [0.1, 0.15) is 12.6 Å². The first-order valence-corrected chi connectivity index (χ1v) is 5.30. The van der Waals surface area contributed by atoms with Crippen molar-refractivity contribution in [1.29, 1.82) is 0 Å². The fourth-order valence-electron chi connectivity index (χ4n) is 1.62. The minimum atomic E-state index is -0.273. The molecule has 1 aliphatic rings. The van der Waals surface area contributed by atoms with Gasteiger partial charge in [-0.05, 0) is 19.1 Å². The Balaban J connectivity index is 2.13. The molecule has 0 aliphatic carbocycles. The van der Waals surface area contributed by atoms with Crippen LogP contribution in [-0.4, -0.2) is 28.3 Å². The van der Waals surface area contributed by atoms with Crippen molar-refractivity contribution in [1.82, 2.24) is 10.3 Å². The van der Waals surface area contributed by atoms with Gasteiger partial charge in [0.15, 0.2) is 0 Å². The smallest absolute Gasteiger partial charge is 0.256 e. The van der Waals surface area contributed by atoms with Crippen LogP contribution in [0.4, 0.5) is 0 Å². The van der Waals surface area contributed by atoms with Crippen LogP contribution in [0.25, 0.3) is 0 Å². The van der Waals surface area contributed by atoms with E-state index in [0.717, 1.165) is 5.69 Å². The van der Waals surface area contributed by atoms with E-state index in [9.17, 15) is 9.90 Å². The normalized spacial score (nSPS) is 16.3. The average Bonchev–Trinajstić information content (AvgIpc) is 2.67. The lowest BCUT2D eigenvalue weighted by molar-refractivity contribution is -0.116. The molecule has 2 N–H and O–H groups in total. The van der Waals surface area contributed by atoms with Gasteiger partial charge in [0.05, 0.1) is 24.4 Å². The van der Waals surface area contributed by atoms with Crippen molar-refractivity contribution in [2.24, 2.45) is 4.99 Å². The van der Waals surface area contributed by atoms with E-state index in [0.29, 0.717) is 12.3 Å². The second-order valence-corrected chi connectivity index (χ2v) is 3.73. The standard InChI is InChI=1S/C12H13N3O2/c1-8(11-10(16)7-15-12(11)17)14-6-9-4-2-3-5-13-9/h2-5,16H,6-7H2,1H3,(H,15,17). The minimum absolute atomic E-state index is 0.0530. The zero-order valence-corrected chi connectivity index (χ0v) is 9.47. The van der Waals surface area contributed by atoms with Gasteiger partial charge in [-0.2, -0.15) is 0 Å². The van der Waals surface area contributed by atoms with E-state index in [2.05, 4.69) is 15.3 Å². The largest absolute Gasteiger partial charge is 0.510 e. The summed E-state index contributed by atoms with van der Waals surface area (Å²) in [6.07, 6.45) is 1.69. The molecule has 0 bridgehead atoms. The van der Waals surface area contributed by atoms with Crippen LogP contribution in [0.3, 0.4) is 0 Å². The SMILES string of the molecule is CC(=NCc1ccccn1)C1=C(O)CNC1=O. The molecule has 17 heavy (non-hydrogen) atoms. The van der Waals surface area contributed by atoms with Gasteiger partial charge in [-0.15, -0.1) is 0 Å². The van der Waals surface area contributed by atoms with E-state index in [1.807, 2.05) is 18.2 Å². The molecule has 0 spiro atoms. The number of aromatic nitrogens is 1. The molecule has 1 aromatic rings. The maximum atomic E-state index is 11.4. The number of amides is 1. The summed E-state index contributed by atoms with van der Waals surface area (Å²) in [5.41, 5.74) is 1.63.